The minimum atomic E-state index is -0.191. The molecule has 3 nitrogen and oxygen atoms in total. The van der Waals surface area contributed by atoms with E-state index >= 15 is 0 Å². The number of rotatable bonds is 1. The van der Waals surface area contributed by atoms with E-state index in [1.807, 2.05) is 13.0 Å². The molecule has 3 rings (SSSR count). The highest BCUT2D eigenvalue weighted by Gasteiger charge is 2.42. The van der Waals surface area contributed by atoms with Crippen LogP contribution in [0.3, 0.4) is 0 Å². The van der Waals surface area contributed by atoms with Crippen molar-refractivity contribution >= 4 is 11.6 Å². The van der Waals surface area contributed by atoms with Crippen molar-refractivity contribution in [2.24, 2.45) is 5.73 Å². The fraction of sp³-hybridized carbons (Fsp3) is 0.500. The lowest BCUT2D eigenvalue weighted by Crippen LogP contribution is -2.22. The van der Waals surface area contributed by atoms with Crippen molar-refractivity contribution in [1.82, 2.24) is 0 Å². The molecule has 2 N–H and O–H groups in total. The molecule has 16 heavy (non-hydrogen) atoms. The predicted molar refractivity (Wildman–Crippen MR) is 62.3 cm³/mol. The summed E-state index contributed by atoms with van der Waals surface area (Å²) >= 11 is 6.29. The normalized spacial score (nSPS) is 20.7. The van der Waals surface area contributed by atoms with Gasteiger partial charge in [-0.15, -0.1) is 0 Å². The summed E-state index contributed by atoms with van der Waals surface area (Å²) in [6.45, 7) is 3.12. The van der Waals surface area contributed by atoms with Crippen LogP contribution >= 0.6 is 11.6 Å². The first kappa shape index (κ1) is 10.2. The zero-order valence-corrected chi connectivity index (χ0v) is 9.93. The Morgan fingerprint density at radius 1 is 1.31 bits per heavy atom. The summed E-state index contributed by atoms with van der Waals surface area (Å²) in [5, 5.41) is 0.643. The Morgan fingerprint density at radius 2 is 2.00 bits per heavy atom. The number of benzene rings is 1. The van der Waals surface area contributed by atoms with Crippen LogP contribution in [0.25, 0.3) is 0 Å². The molecule has 1 aromatic rings. The third kappa shape index (κ3) is 1.39. The van der Waals surface area contributed by atoms with Crippen molar-refractivity contribution in [1.29, 1.82) is 0 Å². The standard InChI is InChI=1S/C12H14ClNO2/c1-7-8(12(14)2-3-12)6-9-11(10(7)13)16-5-4-15-9/h6H,2-5,14H2,1H3. The van der Waals surface area contributed by atoms with Gasteiger partial charge in [0.1, 0.15) is 13.2 Å². The van der Waals surface area contributed by atoms with Crippen LogP contribution in [0.2, 0.25) is 5.02 Å². The van der Waals surface area contributed by atoms with Gasteiger partial charge < -0.3 is 15.2 Å². The van der Waals surface area contributed by atoms with Crippen molar-refractivity contribution in [2.75, 3.05) is 13.2 Å². The molecule has 1 heterocycles. The highest BCUT2D eigenvalue weighted by atomic mass is 35.5. The molecule has 1 aliphatic carbocycles. The number of halogens is 1. The number of fused-ring (bicyclic) bond motifs is 1. The van der Waals surface area contributed by atoms with Crippen molar-refractivity contribution in [3.63, 3.8) is 0 Å². The molecule has 0 unspecified atom stereocenters. The Kier molecular flexibility index (Phi) is 2.10. The number of hydrogen-bond donors (Lipinski definition) is 1. The highest BCUT2D eigenvalue weighted by molar-refractivity contribution is 6.33. The molecule has 0 radical (unpaired) electrons. The van der Waals surface area contributed by atoms with E-state index in [0.29, 0.717) is 24.0 Å². The van der Waals surface area contributed by atoms with Crippen molar-refractivity contribution in [3.05, 3.63) is 22.2 Å². The van der Waals surface area contributed by atoms with Gasteiger partial charge in [0.2, 0.25) is 0 Å². The number of ether oxygens (including phenoxy) is 2. The van der Waals surface area contributed by atoms with Gasteiger partial charge in [0, 0.05) is 5.54 Å². The third-order valence-electron chi connectivity index (χ3n) is 3.34. The number of nitrogens with two attached hydrogens (primary N) is 1. The summed E-state index contributed by atoms with van der Waals surface area (Å²) in [7, 11) is 0. The van der Waals surface area contributed by atoms with E-state index in [0.717, 1.165) is 29.7 Å². The quantitative estimate of drug-likeness (QED) is 0.818. The Balaban J connectivity index is 2.17. The predicted octanol–water partition coefficient (Wildman–Crippen LogP) is 2.37. The highest BCUT2D eigenvalue weighted by Crippen LogP contribution is 2.50. The fourth-order valence-electron chi connectivity index (χ4n) is 2.16. The van der Waals surface area contributed by atoms with Crippen molar-refractivity contribution in [3.8, 4) is 11.5 Å². The first-order valence-corrected chi connectivity index (χ1v) is 5.88. The van der Waals surface area contributed by atoms with E-state index in [-0.39, 0.29) is 5.54 Å². The van der Waals surface area contributed by atoms with Crippen LogP contribution in [-0.2, 0) is 5.54 Å². The Morgan fingerprint density at radius 3 is 2.69 bits per heavy atom. The lowest BCUT2D eigenvalue weighted by Gasteiger charge is -2.24. The molecule has 1 aliphatic heterocycles. The summed E-state index contributed by atoms with van der Waals surface area (Å²) in [6, 6.07) is 1.99. The minimum Gasteiger partial charge on any atom is -0.486 e. The maximum atomic E-state index is 6.29. The second kappa shape index (κ2) is 3.28. The average Bonchev–Trinajstić information content (AvgIpc) is 3.03. The molecular formula is C12H14ClNO2. The summed E-state index contributed by atoms with van der Waals surface area (Å²) in [5.41, 5.74) is 8.14. The minimum absolute atomic E-state index is 0.191. The lowest BCUT2D eigenvalue weighted by atomic mass is 9.99. The van der Waals surface area contributed by atoms with Crippen LogP contribution in [0.1, 0.15) is 24.0 Å². The average molecular weight is 240 g/mol. The maximum absolute atomic E-state index is 6.29. The molecule has 86 valence electrons. The van der Waals surface area contributed by atoms with E-state index < -0.39 is 0 Å². The number of hydrogen-bond acceptors (Lipinski definition) is 3. The zero-order valence-electron chi connectivity index (χ0n) is 9.18. The molecule has 0 saturated heterocycles. The molecule has 1 aromatic carbocycles. The monoisotopic (exact) mass is 239 g/mol. The topological polar surface area (TPSA) is 44.5 Å². The summed E-state index contributed by atoms with van der Waals surface area (Å²) in [4.78, 5) is 0. The molecule has 0 aromatic heterocycles. The van der Waals surface area contributed by atoms with E-state index in [1.165, 1.54) is 0 Å². The third-order valence-corrected chi connectivity index (χ3v) is 3.80. The largest absolute Gasteiger partial charge is 0.486 e. The molecule has 0 atom stereocenters. The van der Waals surface area contributed by atoms with Crippen LogP contribution in [0.5, 0.6) is 11.5 Å². The van der Waals surface area contributed by atoms with Gasteiger partial charge in [0.15, 0.2) is 11.5 Å². The molecule has 1 saturated carbocycles. The zero-order chi connectivity index (χ0) is 11.3. The second-order valence-corrected chi connectivity index (χ2v) is 4.92. The van der Waals surface area contributed by atoms with E-state index in [4.69, 9.17) is 26.8 Å². The Hall–Kier alpha value is -0.930. The summed E-state index contributed by atoms with van der Waals surface area (Å²) in [5.74, 6) is 1.40. The second-order valence-electron chi connectivity index (χ2n) is 4.54. The van der Waals surface area contributed by atoms with Gasteiger partial charge in [-0.3, -0.25) is 0 Å². The maximum Gasteiger partial charge on any atom is 0.180 e. The molecule has 4 heteroatoms. The van der Waals surface area contributed by atoms with Crippen LogP contribution in [-0.4, -0.2) is 13.2 Å². The van der Waals surface area contributed by atoms with Gasteiger partial charge in [-0.25, -0.2) is 0 Å². The Labute approximate surface area is 99.5 Å². The summed E-state index contributed by atoms with van der Waals surface area (Å²) in [6.07, 6.45) is 2.04. The van der Waals surface area contributed by atoms with E-state index in [1.54, 1.807) is 0 Å². The van der Waals surface area contributed by atoms with Gasteiger partial charge in [0.25, 0.3) is 0 Å². The van der Waals surface area contributed by atoms with Crippen molar-refractivity contribution in [2.45, 2.75) is 25.3 Å². The first-order valence-electron chi connectivity index (χ1n) is 5.50. The Bertz CT molecular complexity index is 455. The molecular weight excluding hydrogens is 226 g/mol. The van der Waals surface area contributed by atoms with Crippen molar-refractivity contribution < 1.29 is 9.47 Å². The van der Waals surface area contributed by atoms with Gasteiger partial charge in [-0.1, -0.05) is 11.6 Å². The smallest absolute Gasteiger partial charge is 0.180 e. The fourth-order valence-corrected chi connectivity index (χ4v) is 2.41. The van der Waals surface area contributed by atoms with Gasteiger partial charge in [0.05, 0.1) is 5.02 Å². The van der Waals surface area contributed by atoms with E-state index in [9.17, 15) is 0 Å². The van der Waals surface area contributed by atoms with Crippen LogP contribution in [0, 0.1) is 6.92 Å². The molecule has 0 spiro atoms. The van der Waals surface area contributed by atoms with Gasteiger partial charge in [-0.2, -0.15) is 0 Å². The van der Waals surface area contributed by atoms with Crippen LogP contribution < -0.4 is 15.2 Å². The molecule has 0 bridgehead atoms. The molecule has 0 amide bonds. The van der Waals surface area contributed by atoms with Gasteiger partial charge >= 0.3 is 0 Å². The summed E-state index contributed by atoms with van der Waals surface area (Å²) < 4.78 is 11.1. The molecule has 2 aliphatic rings. The molecule has 1 fully saturated rings. The van der Waals surface area contributed by atoms with Crippen LogP contribution in [0.4, 0.5) is 0 Å². The van der Waals surface area contributed by atoms with Gasteiger partial charge in [-0.05, 0) is 37.0 Å². The first-order chi connectivity index (χ1) is 7.62. The SMILES string of the molecule is Cc1c(C2(N)CC2)cc2c(c1Cl)OCCO2. The van der Waals surface area contributed by atoms with Crippen LogP contribution in [0.15, 0.2) is 6.07 Å². The van der Waals surface area contributed by atoms with E-state index in [2.05, 4.69) is 0 Å². The lowest BCUT2D eigenvalue weighted by molar-refractivity contribution is 0.171.